The van der Waals surface area contributed by atoms with Gasteiger partial charge in [-0.15, -0.1) is 0 Å². The molecule has 0 unspecified atom stereocenters. The normalized spacial score (nSPS) is 12.4. The molecule has 1 N–H and O–H groups in total. The maximum atomic E-state index is 4.68. The summed E-state index contributed by atoms with van der Waals surface area (Å²) in [5.41, 5.74) is 2.43. The highest BCUT2D eigenvalue weighted by molar-refractivity contribution is 5.79. The fourth-order valence-corrected chi connectivity index (χ4v) is 2.37. The zero-order valence-corrected chi connectivity index (χ0v) is 14.9. The topological polar surface area (TPSA) is 45.5 Å². The van der Waals surface area contributed by atoms with Crippen molar-refractivity contribution in [2.75, 3.05) is 20.1 Å². The Hall–Kier alpha value is -1.78. The molecular weight excluding hydrogens is 274 g/mol. The summed E-state index contributed by atoms with van der Waals surface area (Å²) in [5, 5.41) is 7.94. The van der Waals surface area contributed by atoms with Crippen molar-refractivity contribution >= 4 is 5.96 Å². The standard InChI is InChI=1S/C17H31N5/c1-7-9-10-11-19-17(18-8-2)21(5)12-15-13-22(6)20-16(15)14(3)4/h7,9,13-14H,8,10-12H2,1-6H3,(H,18,19)/b9-7+. The summed E-state index contributed by atoms with van der Waals surface area (Å²) in [6, 6.07) is 0. The molecular formula is C17H31N5. The fourth-order valence-electron chi connectivity index (χ4n) is 2.37. The smallest absolute Gasteiger partial charge is 0.193 e. The first-order valence-corrected chi connectivity index (χ1v) is 8.12. The maximum Gasteiger partial charge on any atom is 0.193 e. The van der Waals surface area contributed by atoms with Gasteiger partial charge in [0.1, 0.15) is 0 Å². The van der Waals surface area contributed by atoms with E-state index in [0.29, 0.717) is 5.92 Å². The molecule has 1 aromatic rings. The summed E-state index contributed by atoms with van der Waals surface area (Å²) in [6.07, 6.45) is 7.29. The van der Waals surface area contributed by atoms with Crippen LogP contribution >= 0.6 is 0 Å². The molecule has 0 aliphatic rings. The Morgan fingerprint density at radius 3 is 2.82 bits per heavy atom. The van der Waals surface area contributed by atoms with Crippen molar-refractivity contribution in [1.29, 1.82) is 0 Å². The van der Waals surface area contributed by atoms with Crippen LogP contribution < -0.4 is 5.32 Å². The van der Waals surface area contributed by atoms with E-state index in [1.54, 1.807) is 0 Å². The summed E-state index contributed by atoms with van der Waals surface area (Å²) in [4.78, 5) is 6.85. The highest BCUT2D eigenvalue weighted by atomic mass is 15.3. The Bertz CT molecular complexity index is 499. The third kappa shape index (κ3) is 5.54. The van der Waals surface area contributed by atoms with Gasteiger partial charge in [-0.25, -0.2) is 0 Å². The monoisotopic (exact) mass is 305 g/mol. The lowest BCUT2D eigenvalue weighted by molar-refractivity contribution is 0.473. The van der Waals surface area contributed by atoms with Crippen LogP contribution in [-0.4, -0.2) is 40.8 Å². The number of aliphatic imine (C=N–C) groups is 1. The van der Waals surface area contributed by atoms with E-state index in [-0.39, 0.29) is 0 Å². The van der Waals surface area contributed by atoms with Gasteiger partial charge in [-0.05, 0) is 26.2 Å². The van der Waals surface area contributed by atoms with Crippen molar-refractivity contribution in [3.05, 3.63) is 29.6 Å². The highest BCUT2D eigenvalue weighted by Gasteiger charge is 2.14. The molecule has 5 nitrogen and oxygen atoms in total. The van der Waals surface area contributed by atoms with Crippen molar-refractivity contribution < 1.29 is 0 Å². The van der Waals surface area contributed by atoms with E-state index >= 15 is 0 Å². The summed E-state index contributed by atoms with van der Waals surface area (Å²) < 4.78 is 1.90. The van der Waals surface area contributed by atoms with Gasteiger partial charge in [0.25, 0.3) is 0 Å². The van der Waals surface area contributed by atoms with Gasteiger partial charge in [-0.3, -0.25) is 9.67 Å². The second-order valence-electron chi connectivity index (χ2n) is 5.82. The van der Waals surface area contributed by atoms with Crippen molar-refractivity contribution in [2.45, 2.75) is 46.6 Å². The number of nitrogens with zero attached hydrogens (tertiary/aromatic N) is 4. The average molecular weight is 305 g/mol. The molecule has 5 heteroatoms. The Balaban J connectivity index is 2.80. The highest BCUT2D eigenvalue weighted by Crippen LogP contribution is 2.18. The van der Waals surface area contributed by atoms with Crippen LogP contribution in [0.4, 0.5) is 0 Å². The minimum absolute atomic E-state index is 0.429. The molecule has 0 fully saturated rings. The quantitative estimate of drug-likeness (QED) is 0.365. The Kier molecular flexibility index (Phi) is 7.71. The molecule has 0 aromatic carbocycles. The Labute approximate surface area is 135 Å². The van der Waals surface area contributed by atoms with E-state index in [2.05, 4.69) is 66.5 Å². The van der Waals surface area contributed by atoms with Gasteiger partial charge < -0.3 is 10.2 Å². The lowest BCUT2D eigenvalue weighted by atomic mass is 10.1. The number of hydrogen-bond acceptors (Lipinski definition) is 2. The minimum atomic E-state index is 0.429. The second-order valence-corrected chi connectivity index (χ2v) is 5.82. The third-order valence-electron chi connectivity index (χ3n) is 3.38. The van der Waals surface area contributed by atoms with Crippen molar-refractivity contribution in [2.24, 2.45) is 12.0 Å². The first kappa shape index (κ1) is 18.3. The van der Waals surface area contributed by atoms with Gasteiger partial charge in [-0.2, -0.15) is 5.10 Å². The molecule has 0 bridgehead atoms. The van der Waals surface area contributed by atoms with Gasteiger partial charge in [0.2, 0.25) is 0 Å². The fraction of sp³-hybridized carbons (Fsp3) is 0.647. The van der Waals surface area contributed by atoms with Crippen molar-refractivity contribution in [3.8, 4) is 0 Å². The van der Waals surface area contributed by atoms with Crippen LogP contribution in [-0.2, 0) is 13.6 Å². The molecule has 0 aliphatic carbocycles. The minimum Gasteiger partial charge on any atom is -0.357 e. The molecule has 0 aliphatic heterocycles. The maximum absolute atomic E-state index is 4.68. The van der Waals surface area contributed by atoms with Crippen LogP contribution in [0.5, 0.6) is 0 Å². The zero-order chi connectivity index (χ0) is 16.5. The number of nitrogens with one attached hydrogen (secondary N) is 1. The first-order chi connectivity index (χ1) is 10.5. The molecule has 0 saturated carbocycles. The number of aromatic nitrogens is 2. The summed E-state index contributed by atoms with van der Waals surface area (Å²) >= 11 is 0. The molecule has 0 saturated heterocycles. The van der Waals surface area contributed by atoms with Gasteiger partial charge in [0.15, 0.2) is 5.96 Å². The third-order valence-corrected chi connectivity index (χ3v) is 3.38. The lowest BCUT2D eigenvalue weighted by Crippen LogP contribution is -2.38. The van der Waals surface area contributed by atoms with Gasteiger partial charge in [0, 0.05) is 45.5 Å². The SMILES string of the molecule is C/C=C/CCN=C(NCC)N(C)Cc1cn(C)nc1C(C)C. The molecule has 1 heterocycles. The Morgan fingerprint density at radius 2 is 2.23 bits per heavy atom. The number of aryl methyl sites for hydroxylation is 1. The van der Waals surface area contributed by atoms with Crippen molar-refractivity contribution in [3.63, 3.8) is 0 Å². The van der Waals surface area contributed by atoms with Crippen LogP contribution in [0, 0.1) is 0 Å². The van der Waals surface area contributed by atoms with Crippen LogP contribution in [0.2, 0.25) is 0 Å². The summed E-state index contributed by atoms with van der Waals surface area (Å²) in [7, 11) is 4.06. The molecule has 0 radical (unpaired) electrons. The molecule has 0 atom stereocenters. The average Bonchev–Trinajstić information content (AvgIpc) is 2.83. The number of rotatable bonds is 7. The van der Waals surface area contributed by atoms with Crippen LogP contribution in [0.3, 0.4) is 0 Å². The second kappa shape index (κ2) is 9.28. The number of guanidine groups is 1. The summed E-state index contributed by atoms with van der Waals surface area (Å²) in [6.45, 7) is 11.0. The van der Waals surface area contributed by atoms with E-state index in [9.17, 15) is 0 Å². The molecule has 0 amide bonds. The van der Waals surface area contributed by atoms with Gasteiger partial charge >= 0.3 is 0 Å². The van der Waals surface area contributed by atoms with Gasteiger partial charge in [-0.1, -0.05) is 26.0 Å². The predicted octanol–water partition coefficient (Wildman–Crippen LogP) is 2.91. The lowest BCUT2D eigenvalue weighted by Gasteiger charge is -2.22. The Morgan fingerprint density at radius 1 is 1.50 bits per heavy atom. The molecule has 1 aromatic heterocycles. The molecule has 22 heavy (non-hydrogen) atoms. The van der Waals surface area contributed by atoms with E-state index in [1.165, 1.54) is 11.3 Å². The zero-order valence-electron chi connectivity index (χ0n) is 14.9. The van der Waals surface area contributed by atoms with Crippen LogP contribution in [0.1, 0.15) is 51.3 Å². The van der Waals surface area contributed by atoms with Crippen LogP contribution in [0.25, 0.3) is 0 Å². The predicted molar refractivity (Wildman–Crippen MR) is 94.2 cm³/mol. The summed E-state index contributed by atoms with van der Waals surface area (Å²) in [5.74, 6) is 1.38. The van der Waals surface area contributed by atoms with E-state index in [1.807, 2.05) is 18.7 Å². The molecule has 0 spiro atoms. The van der Waals surface area contributed by atoms with E-state index in [4.69, 9.17) is 0 Å². The molecule has 1 rings (SSSR count). The van der Waals surface area contributed by atoms with E-state index in [0.717, 1.165) is 32.0 Å². The number of hydrogen-bond donors (Lipinski definition) is 1. The van der Waals surface area contributed by atoms with E-state index < -0.39 is 0 Å². The van der Waals surface area contributed by atoms with Crippen molar-refractivity contribution in [1.82, 2.24) is 20.0 Å². The van der Waals surface area contributed by atoms with Crippen LogP contribution in [0.15, 0.2) is 23.3 Å². The van der Waals surface area contributed by atoms with Gasteiger partial charge in [0.05, 0.1) is 5.69 Å². The molecule has 124 valence electrons. The number of allylic oxidation sites excluding steroid dienone is 1. The largest absolute Gasteiger partial charge is 0.357 e. The first-order valence-electron chi connectivity index (χ1n) is 8.12.